The van der Waals surface area contributed by atoms with Crippen molar-refractivity contribution in [3.63, 3.8) is 0 Å². The van der Waals surface area contributed by atoms with Gasteiger partial charge in [0.25, 0.3) is 0 Å². The molecule has 5 rings (SSSR count). The van der Waals surface area contributed by atoms with Gasteiger partial charge < -0.3 is 10.1 Å². The number of rotatable bonds is 5. The molecule has 9 heteroatoms. The number of carbonyl (C=O) groups is 1. The largest absolute Gasteiger partial charge is 0.441 e. The molecule has 2 aromatic heterocycles. The van der Waals surface area contributed by atoms with E-state index in [-0.39, 0.29) is 11.9 Å². The van der Waals surface area contributed by atoms with Crippen molar-refractivity contribution in [2.45, 2.75) is 31.3 Å². The topological polar surface area (TPSA) is 85.2 Å². The van der Waals surface area contributed by atoms with Crippen molar-refractivity contribution < 1.29 is 13.9 Å². The number of hydrogen-bond acceptors (Lipinski definition) is 6. The fourth-order valence-corrected chi connectivity index (χ4v) is 4.34. The van der Waals surface area contributed by atoms with E-state index in [0.717, 1.165) is 32.2 Å². The van der Waals surface area contributed by atoms with Crippen LogP contribution in [-0.4, -0.2) is 44.8 Å². The monoisotopic (exact) mass is 422 g/mol. The van der Waals surface area contributed by atoms with Crippen molar-refractivity contribution in [3.8, 4) is 5.69 Å². The van der Waals surface area contributed by atoms with Crippen molar-refractivity contribution in [2.24, 2.45) is 5.92 Å². The summed E-state index contributed by atoms with van der Waals surface area (Å²) in [6.07, 6.45) is 6.49. The van der Waals surface area contributed by atoms with Crippen LogP contribution in [0.3, 0.4) is 0 Å². The van der Waals surface area contributed by atoms with Crippen LogP contribution >= 0.6 is 0 Å². The van der Waals surface area contributed by atoms with Crippen LogP contribution in [0.2, 0.25) is 0 Å². The van der Waals surface area contributed by atoms with Gasteiger partial charge in [0.2, 0.25) is 0 Å². The van der Waals surface area contributed by atoms with Gasteiger partial charge in [-0.2, -0.15) is 10.2 Å². The van der Waals surface area contributed by atoms with Gasteiger partial charge in [-0.05, 0) is 55.9 Å². The minimum atomic E-state index is -0.447. The lowest BCUT2D eigenvalue weighted by Gasteiger charge is -2.35. The summed E-state index contributed by atoms with van der Waals surface area (Å²) in [7, 11) is 0. The highest BCUT2D eigenvalue weighted by molar-refractivity contribution is 5.89. The average Bonchev–Trinajstić information content (AvgIpc) is 3.39. The van der Waals surface area contributed by atoms with Crippen molar-refractivity contribution in [3.05, 3.63) is 60.7 Å². The van der Waals surface area contributed by atoms with Crippen LogP contribution in [0.1, 0.15) is 25.7 Å². The van der Waals surface area contributed by atoms with Crippen LogP contribution in [0, 0.1) is 11.7 Å². The Hall–Kier alpha value is -3.49. The first-order valence-electron chi connectivity index (χ1n) is 10.4. The fraction of sp³-hybridized carbons (Fsp3) is 0.364. The third-order valence-corrected chi connectivity index (χ3v) is 6.08. The molecular formula is C22H23FN6O2. The molecule has 1 amide bonds. The van der Waals surface area contributed by atoms with Crippen LogP contribution in [0.25, 0.3) is 5.69 Å². The van der Waals surface area contributed by atoms with Crippen LogP contribution < -0.4 is 10.2 Å². The van der Waals surface area contributed by atoms with Gasteiger partial charge in [0.1, 0.15) is 22.9 Å². The van der Waals surface area contributed by atoms with Crippen LogP contribution in [0.4, 0.5) is 20.8 Å². The number of aromatic nitrogens is 4. The normalized spacial score (nSPS) is 23.2. The van der Waals surface area contributed by atoms with Crippen molar-refractivity contribution >= 4 is 17.7 Å². The summed E-state index contributed by atoms with van der Waals surface area (Å²) < 4.78 is 21.3. The molecule has 1 N–H and O–H groups in total. The molecule has 2 aliphatic rings. The highest BCUT2D eigenvalue weighted by atomic mass is 19.1. The molecule has 3 aromatic rings. The fourth-order valence-electron chi connectivity index (χ4n) is 4.34. The van der Waals surface area contributed by atoms with Crippen LogP contribution in [0.15, 0.2) is 54.9 Å². The Morgan fingerprint density at radius 1 is 1.16 bits per heavy atom. The zero-order chi connectivity index (χ0) is 21.3. The van der Waals surface area contributed by atoms with E-state index in [1.165, 1.54) is 10.7 Å². The quantitative estimate of drug-likeness (QED) is 0.673. The average molecular weight is 422 g/mol. The summed E-state index contributed by atoms with van der Waals surface area (Å²) in [5.74, 6) is 1.38. The first-order chi connectivity index (χ1) is 15.1. The Bertz CT molecular complexity index is 1060. The predicted molar refractivity (Wildman–Crippen MR) is 113 cm³/mol. The van der Waals surface area contributed by atoms with Gasteiger partial charge in [-0.25, -0.2) is 13.9 Å². The zero-order valence-electron chi connectivity index (χ0n) is 16.9. The van der Waals surface area contributed by atoms with Gasteiger partial charge in [0.05, 0.1) is 6.54 Å². The minimum Gasteiger partial charge on any atom is -0.441 e. The predicted octanol–water partition coefficient (Wildman–Crippen LogP) is 3.80. The molecule has 0 radical (unpaired) electrons. The summed E-state index contributed by atoms with van der Waals surface area (Å²) >= 11 is 0. The number of benzene rings is 1. The Morgan fingerprint density at radius 3 is 2.77 bits per heavy atom. The van der Waals surface area contributed by atoms with E-state index in [4.69, 9.17) is 4.74 Å². The minimum absolute atomic E-state index is 0.309. The molecule has 1 aliphatic carbocycles. The van der Waals surface area contributed by atoms with Gasteiger partial charge in [0, 0.05) is 25.0 Å². The first kappa shape index (κ1) is 19.5. The number of amides is 1. The highest BCUT2D eigenvalue weighted by Gasteiger charge is 2.48. The molecule has 160 valence electrons. The SMILES string of the molecule is O=C1OC2(CCC(CNc3ccn(-c4ccccc4F)n3)CC2)CN1c1cccnn1. The van der Waals surface area contributed by atoms with E-state index in [9.17, 15) is 9.18 Å². The molecule has 8 nitrogen and oxygen atoms in total. The number of anilines is 2. The lowest BCUT2D eigenvalue weighted by Crippen LogP contribution is -2.39. The number of hydrogen-bond donors (Lipinski definition) is 1. The van der Waals surface area contributed by atoms with E-state index in [2.05, 4.69) is 20.6 Å². The summed E-state index contributed by atoms with van der Waals surface area (Å²) in [5, 5.41) is 15.7. The molecule has 0 bridgehead atoms. The Kier molecular flexibility index (Phi) is 5.01. The molecule has 1 spiro atoms. The van der Waals surface area contributed by atoms with Crippen molar-refractivity contribution in [1.82, 2.24) is 20.0 Å². The number of nitrogens with zero attached hydrogens (tertiary/aromatic N) is 5. The third-order valence-electron chi connectivity index (χ3n) is 6.08. The summed E-state index contributed by atoms with van der Waals surface area (Å²) in [4.78, 5) is 13.9. The second-order valence-corrected chi connectivity index (χ2v) is 8.14. The van der Waals surface area contributed by atoms with E-state index < -0.39 is 5.60 Å². The summed E-state index contributed by atoms with van der Waals surface area (Å²) in [6.45, 7) is 1.28. The Labute approximate surface area is 179 Å². The van der Waals surface area contributed by atoms with Crippen LogP contribution in [0.5, 0.6) is 0 Å². The lowest BCUT2D eigenvalue weighted by molar-refractivity contribution is 0.0148. The van der Waals surface area contributed by atoms with Crippen molar-refractivity contribution in [1.29, 1.82) is 0 Å². The number of nitrogens with one attached hydrogen (secondary N) is 1. The first-order valence-corrected chi connectivity index (χ1v) is 10.4. The number of ether oxygens (including phenoxy) is 1. The van der Waals surface area contributed by atoms with E-state index in [0.29, 0.717) is 29.8 Å². The maximum atomic E-state index is 13.9. The lowest BCUT2D eigenvalue weighted by atomic mass is 9.78. The Morgan fingerprint density at radius 2 is 2.00 bits per heavy atom. The van der Waals surface area contributed by atoms with E-state index >= 15 is 0 Å². The summed E-state index contributed by atoms with van der Waals surface area (Å²) in [6, 6.07) is 11.9. The molecule has 1 saturated carbocycles. The molecule has 1 saturated heterocycles. The third kappa shape index (κ3) is 3.95. The number of para-hydroxylation sites is 1. The maximum Gasteiger partial charge on any atom is 0.416 e. The second-order valence-electron chi connectivity index (χ2n) is 8.14. The van der Waals surface area contributed by atoms with Crippen LogP contribution in [-0.2, 0) is 4.74 Å². The molecule has 31 heavy (non-hydrogen) atoms. The van der Waals surface area contributed by atoms with Crippen molar-refractivity contribution in [2.75, 3.05) is 23.3 Å². The molecule has 2 fully saturated rings. The van der Waals surface area contributed by atoms with Gasteiger partial charge in [0.15, 0.2) is 5.82 Å². The maximum absolute atomic E-state index is 13.9. The smallest absolute Gasteiger partial charge is 0.416 e. The molecule has 1 aliphatic heterocycles. The molecule has 1 aromatic carbocycles. The van der Waals surface area contributed by atoms with Gasteiger partial charge >= 0.3 is 6.09 Å². The number of carbonyl (C=O) groups excluding carboxylic acids is 1. The van der Waals surface area contributed by atoms with Gasteiger partial charge in [-0.3, -0.25) is 4.90 Å². The van der Waals surface area contributed by atoms with Gasteiger partial charge in [-0.1, -0.05) is 12.1 Å². The van der Waals surface area contributed by atoms with E-state index in [1.807, 2.05) is 6.07 Å². The van der Waals surface area contributed by atoms with Gasteiger partial charge in [-0.15, -0.1) is 5.10 Å². The summed E-state index contributed by atoms with van der Waals surface area (Å²) in [5.41, 5.74) is -0.0248. The Balaban J connectivity index is 1.15. The molecule has 0 atom stereocenters. The molecule has 3 heterocycles. The molecular weight excluding hydrogens is 399 g/mol. The molecule has 0 unspecified atom stereocenters. The van der Waals surface area contributed by atoms with E-state index in [1.54, 1.807) is 47.6 Å². The highest BCUT2D eigenvalue weighted by Crippen LogP contribution is 2.40. The second kappa shape index (κ2) is 7.98. The zero-order valence-corrected chi connectivity index (χ0v) is 16.9. The standard InChI is InChI=1S/C22H23FN6O2/c23-17-4-1-2-5-18(17)29-13-9-19(27-29)24-14-16-7-10-22(11-8-16)15-28(21(30)31-22)20-6-3-12-25-26-20/h1-6,9,12-13,16H,7-8,10-11,14-15H2,(H,24,27). The number of halogens is 1.